The standard InChI is InChI=1S/C11H17NO2/c1-12-6-5-9(11(13)14-2)7-10(12)8-3-4-8/h7-8,10H,3-6H2,1-2H3. The third-order valence-corrected chi connectivity index (χ3v) is 3.17. The zero-order chi connectivity index (χ0) is 10.1. The van der Waals surface area contributed by atoms with E-state index in [-0.39, 0.29) is 5.97 Å². The lowest BCUT2D eigenvalue weighted by Crippen LogP contribution is -2.37. The zero-order valence-electron chi connectivity index (χ0n) is 8.82. The molecular weight excluding hydrogens is 178 g/mol. The molecule has 2 rings (SSSR count). The first-order chi connectivity index (χ1) is 6.72. The summed E-state index contributed by atoms with van der Waals surface area (Å²) in [6.07, 6.45) is 5.54. The van der Waals surface area contributed by atoms with E-state index in [0.29, 0.717) is 6.04 Å². The second-order valence-electron chi connectivity index (χ2n) is 4.24. The molecule has 3 heteroatoms. The highest BCUT2D eigenvalue weighted by atomic mass is 16.5. The molecule has 0 bridgehead atoms. The highest BCUT2D eigenvalue weighted by molar-refractivity contribution is 5.88. The summed E-state index contributed by atoms with van der Waals surface area (Å²) in [5, 5.41) is 0. The molecule has 14 heavy (non-hydrogen) atoms. The van der Waals surface area contributed by atoms with Crippen molar-refractivity contribution in [1.82, 2.24) is 4.90 Å². The van der Waals surface area contributed by atoms with Crippen molar-refractivity contribution in [1.29, 1.82) is 0 Å². The number of hydrogen-bond acceptors (Lipinski definition) is 3. The van der Waals surface area contributed by atoms with Gasteiger partial charge >= 0.3 is 5.97 Å². The van der Waals surface area contributed by atoms with Crippen LogP contribution < -0.4 is 0 Å². The summed E-state index contributed by atoms with van der Waals surface area (Å²) in [5.41, 5.74) is 0.863. The van der Waals surface area contributed by atoms with Crippen LogP contribution in [-0.4, -0.2) is 37.6 Å². The summed E-state index contributed by atoms with van der Waals surface area (Å²) in [6.45, 7) is 0.974. The Bertz CT molecular complexity index is 268. The molecule has 78 valence electrons. The number of esters is 1. The predicted molar refractivity (Wildman–Crippen MR) is 53.9 cm³/mol. The monoisotopic (exact) mass is 195 g/mol. The molecule has 1 unspecified atom stereocenters. The fraction of sp³-hybridized carbons (Fsp3) is 0.727. The zero-order valence-corrected chi connectivity index (χ0v) is 8.82. The summed E-state index contributed by atoms with van der Waals surface area (Å²) >= 11 is 0. The molecule has 1 heterocycles. The van der Waals surface area contributed by atoms with Gasteiger partial charge in [-0.3, -0.25) is 4.90 Å². The largest absolute Gasteiger partial charge is 0.466 e. The maximum absolute atomic E-state index is 11.4. The van der Waals surface area contributed by atoms with Crippen LogP contribution in [0.4, 0.5) is 0 Å². The van der Waals surface area contributed by atoms with Crippen molar-refractivity contribution in [3.63, 3.8) is 0 Å². The SMILES string of the molecule is COC(=O)C1=CC(C2CC2)N(C)CC1. The number of nitrogens with zero attached hydrogens (tertiary/aromatic N) is 1. The smallest absolute Gasteiger partial charge is 0.333 e. The minimum absolute atomic E-state index is 0.149. The van der Waals surface area contributed by atoms with E-state index >= 15 is 0 Å². The van der Waals surface area contributed by atoms with Crippen molar-refractivity contribution in [2.75, 3.05) is 20.7 Å². The fourth-order valence-electron chi connectivity index (χ4n) is 2.10. The molecule has 3 nitrogen and oxygen atoms in total. The van der Waals surface area contributed by atoms with Gasteiger partial charge in [-0.05, 0) is 32.2 Å². The van der Waals surface area contributed by atoms with Crippen molar-refractivity contribution < 1.29 is 9.53 Å². The maximum Gasteiger partial charge on any atom is 0.333 e. The Labute approximate surface area is 84.7 Å². The van der Waals surface area contributed by atoms with Gasteiger partial charge in [0, 0.05) is 18.2 Å². The molecule has 1 saturated carbocycles. The maximum atomic E-state index is 11.4. The third kappa shape index (κ3) is 1.82. The highest BCUT2D eigenvalue weighted by Crippen LogP contribution is 2.37. The van der Waals surface area contributed by atoms with E-state index in [1.54, 1.807) is 0 Å². The van der Waals surface area contributed by atoms with Crippen LogP contribution in [0.1, 0.15) is 19.3 Å². The van der Waals surface area contributed by atoms with Crippen molar-refractivity contribution in [2.45, 2.75) is 25.3 Å². The predicted octanol–water partition coefficient (Wildman–Crippen LogP) is 1.20. The number of rotatable bonds is 2. The van der Waals surface area contributed by atoms with Crippen LogP contribution in [-0.2, 0) is 9.53 Å². The fourth-order valence-corrected chi connectivity index (χ4v) is 2.10. The number of carbonyl (C=O) groups is 1. The van der Waals surface area contributed by atoms with Gasteiger partial charge in [0.05, 0.1) is 7.11 Å². The topological polar surface area (TPSA) is 29.5 Å². The number of carbonyl (C=O) groups excluding carboxylic acids is 1. The molecule has 0 N–H and O–H groups in total. The van der Waals surface area contributed by atoms with Crippen LogP contribution in [0.25, 0.3) is 0 Å². The average Bonchev–Trinajstić information content (AvgIpc) is 3.01. The van der Waals surface area contributed by atoms with E-state index in [9.17, 15) is 4.79 Å². The molecule has 1 atom stereocenters. The summed E-state index contributed by atoms with van der Waals surface area (Å²) in [5.74, 6) is 0.628. The van der Waals surface area contributed by atoms with Gasteiger partial charge in [0.25, 0.3) is 0 Å². The van der Waals surface area contributed by atoms with Crippen molar-refractivity contribution in [2.24, 2.45) is 5.92 Å². The number of methoxy groups -OCH3 is 1. The number of hydrogen-bond donors (Lipinski definition) is 0. The van der Waals surface area contributed by atoms with Crippen LogP contribution >= 0.6 is 0 Å². The minimum atomic E-state index is -0.149. The van der Waals surface area contributed by atoms with Gasteiger partial charge in [-0.15, -0.1) is 0 Å². The lowest BCUT2D eigenvalue weighted by atomic mass is 10.00. The van der Waals surface area contributed by atoms with E-state index < -0.39 is 0 Å². The second kappa shape index (κ2) is 3.73. The van der Waals surface area contributed by atoms with Crippen molar-refractivity contribution in [3.8, 4) is 0 Å². The van der Waals surface area contributed by atoms with E-state index in [0.717, 1.165) is 24.5 Å². The summed E-state index contributed by atoms with van der Waals surface area (Å²) < 4.78 is 4.75. The summed E-state index contributed by atoms with van der Waals surface area (Å²) in [7, 11) is 3.58. The summed E-state index contributed by atoms with van der Waals surface area (Å²) in [6, 6.07) is 0.470. The average molecular weight is 195 g/mol. The number of likely N-dealkylation sites (N-methyl/N-ethyl adjacent to an activating group) is 1. The first-order valence-electron chi connectivity index (χ1n) is 5.21. The van der Waals surface area contributed by atoms with Crippen LogP contribution in [0.3, 0.4) is 0 Å². The Balaban J connectivity index is 2.10. The Morgan fingerprint density at radius 3 is 2.86 bits per heavy atom. The van der Waals surface area contributed by atoms with Crippen LogP contribution in [0, 0.1) is 5.92 Å². The van der Waals surface area contributed by atoms with E-state index in [2.05, 4.69) is 18.0 Å². The quantitative estimate of drug-likeness (QED) is 0.620. The minimum Gasteiger partial charge on any atom is -0.466 e. The molecular formula is C11H17NO2. The van der Waals surface area contributed by atoms with Gasteiger partial charge in [-0.25, -0.2) is 4.79 Å². The molecule has 0 aromatic rings. The Hall–Kier alpha value is -0.830. The van der Waals surface area contributed by atoms with Crippen molar-refractivity contribution >= 4 is 5.97 Å². The summed E-state index contributed by atoms with van der Waals surface area (Å²) in [4.78, 5) is 13.7. The van der Waals surface area contributed by atoms with Gasteiger partial charge < -0.3 is 4.74 Å². The lowest BCUT2D eigenvalue weighted by molar-refractivity contribution is -0.136. The van der Waals surface area contributed by atoms with Gasteiger partial charge in [-0.1, -0.05) is 6.08 Å². The normalized spacial score (nSPS) is 28.4. The van der Waals surface area contributed by atoms with Gasteiger partial charge in [0.1, 0.15) is 0 Å². The molecule has 1 aliphatic carbocycles. The number of ether oxygens (including phenoxy) is 1. The Morgan fingerprint density at radius 2 is 2.29 bits per heavy atom. The molecule has 0 spiro atoms. The van der Waals surface area contributed by atoms with Crippen LogP contribution in [0.5, 0.6) is 0 Å². The Morgan fingerprint density at radius 1 is 1.57 bits per heavy atom. The van der Waals surface area contributed by atoms with Crippen LogP contribution in [0.2, 0.25) is 0 Å². The second-order valence-corrected chi connectivity index (χ2v) is 4.24. The van der Waals surface area contributed by atoms with E-state index in [1.807, 2.05) is 0 Å². The third-order valence-electron chi connectivity index (χ3n) is 3.17. The molecule has 0 amide bonds. The molecule has 0 aromatic carbocycles. The van der Waals surface area contributed by atoms with E-state index in [1.165, 1.54) is 20.0 Å². The molecule has 1 aliphatic heterocycles. The van der Waals surface area contributed by atoms with Gasteiger partial charge in [0.15, 0.2) is 0 Å². The first kappa shape index (κ1) is 9.71. The lowest BCUT2D eigenvalue weighted by Gasteiger charge is -2.30. The highest BCUT2D eigenvalue weighted by Gasteiger charge is 2.35. The molecule has 2 aliphatic rings. The first-order valence-corrected chi connectivity index (χ1v) is 5.21. The van der Waals surface area contributed by atoms with E-state index in [4.69, 9.17) is 4.74 Å². The molecule has 1 fully saturated rings. The molecule has 0 aromatic heterocycles. The van der Waals surface area contributed by atoms with Gasteiger partial charge in [0.2, 0.25) is 0 Å². The molecule has 0 radical (unpaired) electrons. The van der Waals surface area contributed by atoms with Crippen LogP contribution in [0.15, 0.2) is 11.6 Å². The van der Waals surface area contributed by atoms with Crippen molar-refractivity contribution in [3.05, 3.63) is 11.6 Å². The Kier molecular flexibility index (Phi) is 2.59. The van der Waals surface area contributed by atoms with Gasteiger partial charge in [-0.2, -0.15) is 0 Å². The molecule has 0 saturated heterocycles.